The topological polar surface area (TPSA) is 122 Å². The first-order valence-electron chi connectivity index (χ1n) is 7.75. The molecule has 0 aliphatic carbocycles. The highest BCUT2D eigenvalue weighted by Crippen LogP contribution is 2.45. The van der Waals surface area contributed by atoms with Crippen molar-refractivity contribution in [3.05, 3.63) is 62.3 Å². The molecular weight excluding hydrogens is 403 g/mol. The summed E-state index contributed by atoms with van der Waals surface area (Å²) in [7, 11) is 0. The molecule has 0 saturated carbocycles. The number of nitrogens with one attached hydrogen (secondary N) is 2. The van der Waals surface area contributed by atoms with Gasteiger partial charge in [-0.2, -0.15) is 13.2 Å². The minimum atomic E-state index is -5.43. The molecule has 1 aliphatic rings. The molecule has 2 aromatic rings. The van der Waals surface area contributed by atoms with Crippen LogP contribution in [0.4, 0.5) is 23.7 Å². The van der Waals surface area contributed by atoms with Gasteiger partial charge in [-0.15, -0.1) is 11.3 Å². The van der Waals surface area contributed by atoms with Crippen LogP contribution in [0.3, 0.4) is 0 Å². The number of ketones is 1. The summed E-state index contributed by atoms with van der Waals surface area (Å²) in [6.07, 6.45) is -5.43. The van der Waals surface area contributed by atoms with Gasteiger partial charge in [-0.3, -0.25) is 14.9 Å². The van der Waals surface area contributed by atoms with E-state index < -0.39 is 46.3 Å². The van der Waals surface area contributed by atoms with Crippen molar-refractivity contribution >= 4 is 28.8 Å². The summed E-state index contributed by atoms with van der Waals surface area (Å²) in [5.41, 5.74) is -4.85. The quantitative estimate of drug-likeness (QED) is 0.403. The zero-order valence-corrected chi connectivity index (χ0v) is 14.6. The van der Waals surface area contributed by atoms with Crippen molar-refractivity contribution in [2.24, 2.45) is 5.92 Å². The van der Waals surface area contributed by atoms with Crippen LogP contribution in [0.25, 0.3) is 0 Å². The molecule has 1 aliphatic heterocycles. The summed E-state index contributed by atoms with van der Waals surface area (Å²) >= 11 is 0.842. The van der Waals surface area contributed by atoms with Gasteiger partial charge >= 0.3 is 12.2 Å². The molecule has 3 rings (SSSR count). The van der Waals surface area contributed by atoms with Gasteiger partial charge in [0, 0.05) is 6.07 Å². The molecule has 1 aromatic heterocycles. The van der Waals surface area contributed by atoms with E-state index in [-0.39, 0.29) is 10.4 Å². The lowest BCUT2D eigenvalue weighted by atomic mass is 9.78. The third-order valence-corrected chi connectivity index (χ3v) is 5.21. The zero-order chi connectivity index (χ0) is 20.7. The number of hydrogen-bond acceptors (Lipinski definition) is 6. The lowest BCUT2D eigenvalue weighted by Gasteiger charge is -2.44. The number of Topliss-reactive ketones (excluding diaryl/α,β-unsaturated/α-hetero) is 1. The number of nitrogens with zero attached hydrogens (tertiary/aromatic N) is 1. The van der Waals surface area contributed by atoms with Crippen LogP contribution < -0.4 is 10.6 Å². The predicted octanol–water partition coefficient (Wildman–Crippen LogP) is 2.76. The fourth-order valence-corrected chi connectivity index (χ4v) is 3.79. The first-order valence-corrected chi connectivity index (χ1v) is 8.63. The van der Waals surface area contributed by atoms with E-state index in [0.29, 0.717) is 0 Å². The largest absolute Gasteiger partial charge is 0.437 e. The molecule has 0 spiro atoms. The van der Waals surface area contributed by atoms with Crippen molar-refractivity contribution in [3.63, 3.8) is 0 Å². The van der Waals surface area contributed by atoms with Gasteiger partial charge < -0.3 is 15.7 Å². The third kappa shape index (κ3) is 3.20. The first kappa shape index (κ1) is 19.8. The van der Waals surface area contributed by atoms with E-state index in [1.54, 1.807) is 0 Å². The Morgan fingerprint density at radius 1 is 1.25 bits per heavy atom. The van der Waals surface area contributed by atoms with E-state index in [1.165, 1.54) is 35.0 Å². The van der Waals surface area contributed by atoms with Crippen LogP contribution in [0.1, 0.15) is 21.3 Å². The second-order valence-corrected chi connectivity index (χ2v) is 6.92. The number of carbonyl (C=O) groups excluding carboxylic acids is 2. The van der Waals surface area contributed by atoms with Crippen LogP contribution in [0.5, 0.6) is 0 Å². The number of hydrogen-bond donors (Lipinski definition) is 3. The van der Waals surface area contributed by atoms with E-state index in [0.717, 1.165) is 23.5 Å². The number of benzene rings is 1. The normalized spacial score (nSPS) is 24.9. The zero-order valence-electron chi connectivity index (χ0n) is 13.8. The molecule has 2 amide bonds. The SMILES string of the molecule is O=C1N[C@H](c2ccccc2[N+](=O)[O-])[C@H](C(=O)c2cccs2)[C@](O)(C(F)(F)F)N1. The molecule has 0 bridgehead atoms. The highest BCUT2D eigenvalue weighted by atomic mass is 32.1. The van der Waals surface area contributed by atoms with E-state index >= 15 is 0 Å². The van der Waals surface area contributed by atoms with Crippen LogP contribution in [-0.2, 0) is 0 Å². The van der Waals surface area contributed by atoms with Crippen molar-refractivity contribution in [1.82, 2.24) is 10.6 Å². The Bertz CT molecular complexity index is 934. The van der Waals surface area contributed by atoms with Gasteiger partial charge in [0.1, 0.15) is 5.92 Å². The molecule has 148 valence electrons. The van der Waals surface area contributed by atoms with E-state index in [2.05, 4.69) is 5.32 Å². The molecular formula is C16H12F3N3O5S. The number of halogens is 3. The van der Waals surface area contributed by atoms with Crippen molar-refractivity contribution in [3.8, 4) is 0 Å². The van der Waals surface area contributed by atoms with E-state index in [9.17, 15) is 38.0 Å². The molecule has 3 atom stereocenters. The lowest BCUT2D eigenvalue weighted by Crippen LogP contribution is -2.72. The molecule has 28 heavy (non-hydrogen) atoms. The maximum absolute atomic E-state index is 13.7. The standard InChI is InChI=1S/C16H12F3N3O5S/c17-16(18,19)15(25)11(13(23)10-6-3-7-28-10)12(20-14(24)21-15)8-4-1-2-5-9(8)22(26)27/h1-7,11-12,25H,(H2,20,21,24)/t11-,12-,15+/m1/s1. The summed E-state index contributed by atoms with van der Waals surface area (Å²) in [6, 6.07) is 4.24. The van der Waals surface area contributed by atoms with Crippen LogP contribution in [0.15, 0.2) is 41.8 Å². The fourth-order valence-electron chi connectivity index (χ4n) is 3.09. The summed E-state index contributed by atoms with van der Waals surface area (Å²) in [6.45, 7) is 0. The van der Waals surface area contributed by atoms with Crippen LogP contribution in [-0.4, -0.2) is 33.7 Å². The number of para-hydroxylation sites is 1. The number of urea groups is 1. The monoisotopic (exact) mass is 415 g/mol. The third-order valence-electron chi connectivity index (χ3n) is 4.32. The van der Waals surface area contributed by atoms with Crippen molar-refractivity contribution in [1.29, 1.82) is 0 Å². The van der Waals surface area contributed by atoms with Crippen LogP contribution in [0, 0.1) is 16.0 Å². The van der Waals surface area contributed by atoms with Gasteiger partial charge in [0.2, 0.25) is 5.72 Å². The Labute approximate surface area is 159 Å². The minimum Gasteiger partial charge on any atom is -0.363 e. The maximum Gasteiger partial charge on any atom is 0.437 e. The Morgan fingerprint density at radius 2 is 1.93 bits per heavy atom. The maximum atomic E-state index is 13.7. The molecule has 1 fully saturated rings. The number of thiophene rings is 1. The summed E-state index contributed by atoms with van der Waals surface area (Å²) in [5, 5.41) is 26.6. The summed E-state index contributed by atoms with van der Waals surface area (Å²) < 4.78 is 41.2. The Morgan fingerprint density at radius 3 is 2.50 bits per heavy atom. The number of aliphatic hydroxyl groups is 1. The molecule has 1 aromatic carbocycles. The average Bonchev–Trinajstić information content (AvgIpc) is 3.14. The predicted molar refractivity (Wildman–Crippen MR) is 90.6 cm³/mol. The second kappa shape index (κ2) is 6.87. The molecule has 0 unspecified atom stereocenters. The first-order chi connectivity index (χ1) is 13.1. The van der Waals surface area contributed by atoms with Crippen molar-refractivity contribution in [2.45, 2.75) is 17.9 Å². The Kier molecular flexibility index (Phi) is 4.85. The molecule has 0 radical (unpaired) electrons. The molecule has 12 heteroatoms. The number of carbonyl (C=O) groups is 2. The minimum absolute atomic E-state index is 0.103. The fraction of sp³-hybridized carbons (Fsp3) is 0.250. The van der Waals surface area contributed by atoms with Gasteiger partial charge in [-0.05, 0) is 11.4 Å². The Balaban J connectivity index is 2.23. The van der Waals surface area contributed by atoms with Crippen LogP contribution >= 0.6 is 11.3 Å². The summed E-state index contributed by atoms with van der Waals surface area (Å²) in [5.74, 6) is -3.42. The van der Waals surface area contributed by atoms with Crippen LogP contribution in [0.2, 0.25) is 0 Å². The second-order valence-electron chi connectivity index (χ2n) is 5.98. The molecule has 8 nitrogen and oxygen atoms in total. The highest BCUT2D eigenvalue weighted by Gasteiger charge is 2.67. The number of rotatable bonds is 4. The number of nitro groups is 1. The number of amides is 2. The van der Waals surface area contributed by atoms with Crippen molar-refractivity contribution < 1.29 is 32.8 Å². The molecule has 2 heterocycles. The average molecular weight is 415 g/mol. The number of alkyl halides is 3. The van der Waals surface area contributed by atoms with Crippen molar-refractivity contribution in [2.75, 3.05) is 0 Å². The number of nitro benzene ring substituents is 1. The van der Waals surface area contributed by atoms with E-state index in [1.807, 2.05) is 0 Å². The van der Waals surface area contributed by atoms with Gasteiger partial charge in [0.25, 0.3) is 5.69 Å². The van der Waals surface area contributed by atoms with E-state index in [4.69, 9.17) is 0 Å². The van der Waals surface area contributed by atoms with Gasteiger partial charge in [0.15, 0.2) is 5.78 Å². The van der Waals surface area contributed by atoms with Gasteiger partial charge in [0.05, 0.1) is 21.4 Å². The lowest BCUT2D eigenvalue weighted by molar-refractivity contribution is -0.386. The molecule has 1 saturated heterocycles. The Hall–Kier alpha value is -2.99. The molecule has 3 N–H and O–H groups in total. The summed E-state index contributed by atoms with van der Waals surface area (Å²) in [4.78, 5) is 35.1. The van der Waals surface area contributed by atoms with Gasteiger partial charge in [-0.25, -0.2) is 4.79 Å². The van der Waals surface area contributed by atoms with Gasteiger partial charge in [-0.1, -0.05) is 24.3 Å². The highest BCUT2D eigenvalue weighted by molar-refractivity contribution is 7.12. The smallest absolute Gasteiger partial charge is 0.363 e.